The highest BCUT2D eigenvalue weighted by Crippen LogP contribution is 2.30. The Morgan fingerprint density at radius 3 is 2.51 bits per heavy atom. The van der Waals surface area contributed by atoms with Gasteiger partial charge in [0.25, 0.3) is 5.56 Å². The van der Waals surface area contributed by atoms with Crippen molar-refractivity contribution >= 4 is 22.5 Å². The largest absolute Gasteiger partial charge is 0.366 e. The lowest BCUT2D eigenvalue weighted by Crippen LogP contribution is -2.35. The second-order valence-corrected chi connectivity index (χ2v) is 9.30. The smallest absolute Gasteiger partial charge is 0.260 e. The molecule has 0 amide bonds. The van der Waals surface area contributed by atoms with Crippen molar-refractivity contribution in [2.24, 2.45) is 0 Å². The quantitative estimate of drug-likeness (QED) is 0.303. The third-order valence-corrected chi connectivity index (χ3v) is 6.88. The minimum atomic E-state index is -0.0316. The maximum Gasteiger partial charge on any atom is 0.260 e. The highest BCUT2D eigenvalue weighted by molar-refractivity contribution is 5.95. The number of likely N-dealkylation sites (N-methyl/N-ethyl adjacent to an activating group) is 1. The topological polar surface area (TPSA) is 59.0 Å². The Morgan fingerprint density at radius 1 is 0.892 bits per heavy atom. The number of hydrogen-bond donors (Lipinski definition) is 2. The Morgan fingerprint density at radius 2 is 1.70 bits per heavy atom. The first-order valence-electron chi connectivity index (χ1n) is 12.6. The third-order valence-electron chi connectivity index (χ3n) is 6.88. The lowest BCUT2D eigenvalue weighted by atomic mass is 9.99. The van der Waals surface area contributed by atoms with Crippen molar-refractivity contribution in [3.05, 3.63) is 125 Å². The summed E-state index contributed by atoms with van der Waals surface area (Å²) < 4.78 is 1.75. The van der Waals surface area contributed by atoms with Gasteiger partial charge in [-0.15, -0.1) is 0 Å². The second kappa shape index (κ2) is 9.88. The van der Waals surface area contributed by atoms with Crippen LogP contribution in [0.2, 0.25) is 0 Å². The zero-order valence-electron chi connectivity index (χ0n) is 20.7. The molecule has 1 atom stereocenters. The van der Waals surface area contributed by atoms with Crippen molar-refractivity contribution in [2.75, 3.05) is 11.9 Å². The number of fused-ring (bicyclic) bond motifs is 2. The van der Waals surface area contributed by atoms with E-state index in [4.69, 9.17) is 0 Å². The molecule has 0 spiro atoms. The summed E-state index contributed by atoms with van der Waals surface area (Å²) in [6.45, 7) is 3.52. The van der Waals surface area contributed by atoms with Crippen molar-refractivity contribution in [3.8, 4) is 22.3 Å². The van der Waals surface area contributed by atoms with E-state index in [2.05, 4.69) is 77.2 Å². The van der Waals surface area contributed by atoms with Crippen LogP contribution in [0.15, 0.2) is 108 Å². The molecule has 1 unspecified atom stereocenters. The van der Waals surface area contributed by atoms with Crippen molar-refractivity contribution in [3.63, 3.8) is 0 Å². The van der Waals surface area contributed by atoms with Crippen LogP contribution in [-0.2, 0) is 6.54 Å². The Kier molecular flexibility index (Phi) is 6.13. The van der Waals surface area contributed by atoms with Gasteiger partial charge in [0.2, 0.25) is 0 Å². The van der Waals surface area contributed by atoms with Gasteiger partial charge in [0.1, 0.15) is 0 Å². The number of anilines is 1. The first kappa shape index (κ1) is 23.0. The van der Waals surface area contributed by atoms with Crippen LogP contribution in [0.25, 0.3) is 39.1 Å². The van der Waals surface area contributed by atoms with Crippen molar-refractivity contribution in [1.82, 2.24) is 14.9 Å². The summed E-state index contributed by atoms with van der Waals surface area (Å²) in [4.78, 5) is 17.7. The van der Waals surface area contributed by atoms with E-state index in [0.717, 1.165) is 45.4 Å². The van der Waals surface area contributed by atoms with E-state index in [1.54, 1.807) is 10.8 Å². The highest BCUT2D eigenvalue weighted by Gasteiger charge is 2.13. The molecule has 0 fully saturated rings. The predicted octanol–water partition coefficient (Wildman–Crippen LogP) is 6.15. The van der Waals surface area contributed by atoms with Crippen LogP contribution in [0.1, 0.15) is 18.1 Å². The van der Waals surface area contributed by atoms with Crippen molar-refractivity contribution in [2.45, 2.75) is 19.6 Å². The lowest BCUT2D eigenvalue weighted by molar-refractivity contribution is 0.671. The van der Waals surface area contributed by atoms with Gasteiger partial charge in [-0.1, -0.05) is 79.7 Å². The Labute approximate surface area is 216 Å². The normalized spacial score (nSPS) is 14.4. The summed E-state index contributed by atoms with van der Waals surface area (Å²) in [7, 11) is 0. The van der Waals surface area contributed by atoms with Crippen LogP contribution in [0.4, 0.5) is 5.69 Å². The van der Waals surface area contributed by atoms with Crippen LogP contribution in [0.3, 0.4) is 0 Å². The molecule has 0 aliphatic carbocycles. The number of benzene rings is 3. The summed E-state index contributed by atoms with van der Waals surface area (Å²) in [6, 6.07) is 27.0. The average molecular weight is 485 g/mol. The van der Waals surface area contributed by atoms with Gasteiger partial charge in [-0.05, 0) is 58.0 Å². The van der Waals surface area contributed by atoms with Crippen LogP contribution in [-0.4, -0.2) is 22.3 Å². The molecule has 182 valence electrons. The van der Waals surface area contributed by atoms with Gasteiger partial charge in [0.15, 0.2) is 0 Å². The fraction of sp³-hybridized carbons (Fsp3) is 0.125. The summed E-state index contributed by atoms with van der Waals surface area (Å²) in [5, 5.41) is 8.51. The predicted molar refractivity (Wildman–Crippen MR) is 153 cm³/mol. The fourth-order valence-electron chi connectivity index (χ4n) is 4.94. The minimum absolute atomic E-state index is 0.0316. The van der Waals surface area contributed by atoms with Crippen LogP contribution >= 0.6 is 0 Å². The number of hydrogen-bond acceptors (Lipinski definition) is 4. The molecule has 5 aromatic rings. The molecule has 0 saturated carbocycles. The molecule has 2 aromatic heterocycles. The first-order chi connectivity index (χ1) is 18.2. The Bertz CT molecular complexity index is 1650. The van der Waals surface area contributed by atoms with Crippen molar-refractivity contribution < 1.29 is 0 Å². The molecule has 6 rings (SSSR count). The number of nitrogens with zero attached hydrogens (tertiary/aromatic N) is 2. The zero-order valence-corrected chi connectivity index (χ0v) is 20.7. The summed E-state index contributed by atoms with van der Waals surface area (Å²) in [6.07, 6.45) is 9.83. The van der Waals surface area contributed by atoms with E-state index >= 15 is 0 Å². The third kappa shape index (κ3) is 4.57. The maximum atomic E-state index is 13.3. The van der Waals surface area contributed by atoms with E-state index in [1.807, 2.05) is 48.8 Å². The highest BCUT2D eigenvalue weighted by atomic mass is 16.1. The van der Waals surface area contributed by atoms with Gasteiger partial charge in [-0.25, -0.2) is 0 Å². The molecule has 3 heterocycles. The molecule has 5 heteroatoms. The van der Waals surface area contributed by atoms with Crippen LogP contribution in [0.5, 0.6) is 0 Å². The molecule has 1 aliphatic heterocycles. The molecule has 0 saturated heterocycles. The Balaban J connectivity index is 1.25. The fourth-order valence-corrected chi connectivity index (χ4v) is 4.94. The van der Waals surface area contributed by atoms with Crippen molar-refractivity contribution in [1.29, 1.82) is 0 Å². The zero-order chi connectivity index (χ0) is 25.2. The average Bonchev–Trinajstić information content (AvgIpc) is 2.95. The summed E-state index contributed by atoms with van der Waals surface area (Å²) in [5.41, 5.74) is 7.68. The summed E-state index contributed by atoms with van der Waals surface area (Å²) in [5.74, 6) is 0. The van der Waals surface area contributed by atoms with Gasteiger partial charge in [-0.3, -0.25) is 15.1 Å². The van der Waals surface area contributed by atoms with Gasteiger partial charge in [0, 0.05) is 29.8 Å². The van der Waals surface area contributed by atoms with Gasteiger partial charge in [-0.2, -0.15) is 0 Å². The molecule has 37 heavy (non-hydrogen) atoms. The molecular formula is C32H28N4O. The number of nitrogens with one attached hydrogen (secondary N) is 2. The van der Waals surface area contributed by atoms with Gasteiger partial charge < -0.3 is 9.88 Å². The molecule has 0 radical (unpaired) electrons. The van der Waals surface area contributed by atoms with Crippen LogP contribution < -0.4 is 16.2 Å². The molecule has 1 aliphatic rings. The molecule has 2 N–H and O–H groups in total. The Hall–Kier alpha value is -4.48. The molecule has 5 nitrogen and oxygen atoms in total. The molecule has 0 bridgehead atoms. The first-order valence-corrected chi connectivity index (χ1v) is 12.6. The minimum Gasteiger partial charge on any atom is -0.366 e. The molecular weight excluding hydrogens is 456 g/mol. The van der Waals surface area contributed by atoms with E-state index in [1.165, 1.54) is 5.56 Å². The van der Waals surface area contributed by atoms with E-state index in [0.29, 0.717) is 11.9 Å². The number of rotatable bonds is 6. The standard InChI is InChI=1S/C32H28N4O/c1-2-34-31-15-14-25-12-13-26(18-30(25)35-31)23-10-8-22(9-11-23)21-36-17-16-27-28(24-6-4-3-5-7-24)19-33-20-29(27)32(36)37/h3-20,31,34-35H,2,21H2,1H3. The van der Waals surface area contributed by atoms with Crippen LogP contribution in [0, 0.1) is 0 Å². The lowest BCUT2D eigenvalue weighted by Gasteiger charge is -2.23. The second-order valence-electron chi connectivity index (χ2n) is 9.30. The molecule has 3 aromatic carbocycles. The maximum absolute atomic E-state index is 13.3. The summed E-state index contributed by atoms with van der Waals surface area (Å²) >= 11 is 0. The van der Waals surface area contributed by atoms with E-state index in [9.17, 15) is 4.79 Å². The SMILES string of the molecule is CCNC1C=Cc2ccc(-c3ccc(Cn4ccc5c(-c6ccccc6)cncc5c4=O)cc3)cc2N1. The number of aromatic nitrogens is 2. The van der Waals surface area contributed by atoms with Gasteiger partial charge in [0.05, 0.1) is 18.1 Å². The van der Waals surface area contributed by atoms with E-state index < -0.39 is 0 Å². The monoisotopic (exact) mass is 484 g/mol. The number of pyridine rings is 2. The van der Waals surface area contributed by atoms with E-state index in [-0.39, 0.29) is 11.7 Å². The van der Waals surface area contributed by atoms with Gasteiger partial charge >= 0.3 is 0 Å².